The molecule has 0 fully saturated rings. The molecule has 20 heavy (non-hydrogen) atoms. The molecule has 1 aromatic carbocycles. The van der Waals surface area contributed by atoms with Crippen molar-refractivity contribution in [1.29, 1.82) is 0 Å². The lowest BCUT2D eigenvalue weighted by atomic mass is 10.1. The van der Waals surface area contributed by atoms with Crippen LogP contribution in [0.25, 0.3) is 0 Å². The first-order valence-corrected chi connectivity index (χ1v) is 7.67. The van der Waals surface area contributed by atoms with E-state index in [4.69, 9.17) is 0 Å². The second-order valence-electron chi connectivity index (χ2n) is 4.47. The number of alkyl halides is 3. The van der Waals surface area contributed by atoms with E-state index in [2.05, 4.69) is 5.32 Å². The summed E-state index contributed by atoms with van der Waals surface area (Å²) in [5.74, 6) is -0.837. The van der Waals surface area contributed by atoms with E-state index in [1.165, 1.54) is 6.92 Å². The van der Waals surface area contributed by atoms with Crippen molar-refractivity contribution in [3.63, 3.8) is 0 Å². The van der Waals surface area contributed by atoms with Gasteiger partial charge in [-0.2, -0.15) is 13.2 Å². The van der Waals surface area contributed by atoms with E-state index in [0.717, 1.165) is 30.5 Å². The number of nitrogens with one attached hydrogen (secondary N) is 1. The minimum Gasteiger partial charge on any atom is -0.349 e. The molecule has 1 amide bonds. The van der Waals surface area contributed by atoms with Crippen LogP contribution in [0.1, 0.15) is 24.1 Å². The molecular formula is C12H14F3NO3S. The van der Waals surface area contributed by atoms with Crippen molar-refractivity contribution in [2.75, 3.05) is 12.0 Å². The maximum atomic E-state index is 12.4. The number of carbonyl (C=O) groups excluding carboxylic acids is 1. The van der Waals surface area contributed by atoms with Crippen LogP contribution in [0.15, 0.2) is 24.3 Å². The Morgan fingerprint density at radius 2 is 1.75 bits per heavy atom. The summed E-state index contributed by atoms with van der Waals surface area (Å²) in [7, 11) is -3.39. The summed E-state index contributed by atoms with van der Waals surface area (Å²) in [5, 5.41) is 2.41. The summed E-state index contributed by atoms with van der Waals surface area (Å²) in [5.41, 5.74) is -0.527. The molecule has 0 aliphatic heterocycles. The van der Waals surface area contributed by atoms with Gasteiger partial charge in [0, 0.05) is 13.2 Å². The Hall–Kier alpha value is -1.57. The molecule has 0 saturated carbocycles. The monoisotopic (exact) mass is 309 g/mol. The smallest absolute Gasteiger partial charge is 0.349 e. The Bertz CT molecular complexity index is 579. The normalized spacial score (nSPS) is 13.8. The van der Waals surface area contributed by atoms with E-state index >= 15 is 0 Å². The fourth-order valence-electron chi connectivity index (χ4n) is 1.67. The van der Waals surface area contributed by atoms with Crippen LogP contribution in [0.4, 0.5) is 13.2 Å². The van der Waals surface area contributed by atoms with Crippen molar-refractivity contribution in [2.24, 2.45) is 0 Å². The maximum absolute atomic E-state index is 12.4. The van der Waals surface area contributed by atoms with Gasteiger partial charge in [-0.25, -0.2) is 8.42 Å². The highest BCUT2D eigenvalue weighted by atomic mass is 32.2. The molecule has 0 bridgehead atoms. The van der Waals surface area contributed by atoms with Crippen LogP contribution in [0.3, 0.4) is 0 Å². The second-order valence-corrected chi connectivity index (χ2v) is 6.65. The summed E-state index contributed by atoms with van der Waals surface area (Å²) >= 11 is 0. The van der Waals surface area contributed by atoms with Gasteiger partial charge in [-0.3, -0.25) is 4.79 Å². The number of hydrogen-bond donors (Lipinski definition) is 1. The molecule has 0 aromatic heterocycles. The zero-order chi connectivity index (χ0) is 15.6. The molecule has 4 nitrogen and oxygen atoms in total. The summed E-state index contributed by atoms with van der Waals surface area (Å²) in [4.78, 5) is 11.1. The largest absolute Gasteiger partial charge is 0.416 e. The number of carbonyl (C=O) groups is 1. The third-order valence-corrected chi connectivity index (χ3v) is 3.43. The molecule has 0 aliphatic carbocycles. The Labute approximate surface area is 114 Å². The van der Waals surface area contributed by atoms with Crippen molar-refractivity contribution < 1.29 is 26.4 Å². The highest BCUT2D eigenvalue weighted by molar-refractivity contribution is 7.90. The van der Waals surface area contributed by atoms with Crippen LogP contribution in [-0.2, 0) is 20.8 Å². The van der Waals surface area contributed by atoms with E-state index in [1.54, 1.807) is 0 Å². The average Bonchev–Trinajstić information content (AvgIpc) is 2.24. The van der Waals surface area contributed by atoms with Crippen LogP contribution in [0.5, 0.6) is 0 Å². The van der Waals surface area contributed by atoms with Crippen molar-refractivity contribution in [2.45, 2.75) is 19.1 Å². The molecule has 1 rings (SSSR count). The van der Waals surface area contributed by atoms with Crippen LogP contribution in [0.2, 0.25) is 0 Å². The molecule has 0 aliphatic rings. The standard InChI is InChI=1S/C12H14F3NO3S/c1-8(17)16-11(7-20(2,18)19)9-3-5-10(6-4-9)12(13,14)15/h3-6,11H,7H2,1-2H3,(H,16,17)/t11-/m1/s1. The predicted molar refractivity (Wildman–Crippen MR) is 67.7 cm³/mol. The topological polar surface area (TPSA) is 63.2 Å². The molecule has 0 heterocycles. The lowest BCUT2D eigenvalue weighted by Gasteiger charge is -2.18. The lowest BCUT2D eigenvalue weighted by molar-refractivity contribution is -0.137. The molecule has 1 aromatic rings. The average molecular weight is 309 g/mol. The molecule has 1 atom stereocenters. The van der Waals surface area contributed by atoms with Gasteiger partial charge in [0.15, 0.2) is 0 Å². The van der Waals surface area contributed by atoms with Gasteiger partial charge in [-0.1, -0.05) is 12.1 Å². The number of hydrogen-bond acceptors (Lipinski definition) is 3. The fraction of sp³-hybridized carbons (Fsp3) is 0.417. The van der Waals surface area contributed by atoms with Crippen LogP contribution < -0.4 is 5.32 Å². The minimum atomic E-state index is -4.46. The van der Waals surface area contributed by atoms with Crippen LogP contribution >= 0.6 is 0 Å². The second kappa shape index (κ2) is 5.82. The summed E-state index contributed by atoms with van der Waals surface area (Å²) < 4.78 is 59.9. The van der Waals surface area contributed by atoms with E-state index in [9.17, 15) is 26.4 Å². The number of rotatable bonds is 4. The first-order chi connectivity index (χ1) is 8.99. The molecule has 0 spiro atoms. The molecular weight excluding hydrogens is 295 g/mol. The summed E-state index contributed by atoms with van der Waals surface area (Å²) in [6, 6.07) is 3.16. The van der Waals surface area contributed by atoms with E-state index < -0.39 is 33.5 Å². The predicted octanol–water partition coefficient (Wildman–Crippen LogP) is 1.93. The lowest BCUT2D eigenvalue weighted by Crippen LogP contribution is -2.31. The summed E-state index contributed by atoms with van der Waals surface area (Å²) in [6.45, 7) is 1.21. The molecule has 0 radical (unpaired) electrons. The Morgan fingerprint density at radius 1 is 1.25 bits per heavy atom. The van der Waals surface area contributed by atoms with Gasteiger partial charge < -0.3 is 5.32 Å². The molecule has 112 valence electrons. The van der Waals surface area contributed by atoms with Crippen molar-refractivity contribution in [1.82, 2.24) is 5.32 Å². The third-order valence-electron chi connectivity index (χ3n) is 2.49. The van der Waals surface area contributed by atoms with E-state index in [1.807, 2.05) is 0 Å². The zero-order valence-corrected chi connectivity index (χ0v) is 11.7. The minimum absolute atomic E-state index is 0.304. The highest BCUT2D eigenvalue weighted by Gasteiger charge is 2.30. The van der Waals surface area contributed by atoms with Gasteiger partial charge in [0.1, 0.15) is 9.84 Å². The Kier molecular flexibility index (Phi) is 4.80. The number of sulfone groups is 1. The number of amides is 1. The van der Waals surface area contributed by atoms with Gasteiger partial charge in [0.2, 0.25) is 5.91 Å². The van der Waals surface area contributed by atoms with Crippen molar-refractivity contribution >= 4 is 15.7 Å². The van der Waals surface area contributed by atoms with Gasteiger partial charge >= 0.3 is 6.18 Å². The third kappa shape index (κ3) is 5.20. The number of benzene rings is 1. The quantitative estimate of drug-likeness (QED) is 0.924. The zero-order valence-electron chi connectivity index (χ0n) is 10.9. The van der Waals surface area contributed by atoms with Crippen molar-refractivity contribution in [3.8, 4) is 0 Å². The Morgan fingerprint density at radius 3 is 2.10 bits per heavy atom. The highest BCUT2D eigenvalue weighted by Crippen LogP contribution is 2.30. The molecule has 0 unspecified atom stereocenters. The SMILES string of the molecule is CC(=O)N[C@H](CS(C)(=O)=O)c1ccc(C(F)(F)F)cc1. The van der Waals surface area contributed by atoms with Crippen LogP contribution in [-0.4, -0.2) is 26.3 Å². The molecule has 1 N–H and O–H groups in total. The Balaban J connectivity index is 3.05. The molecule has 8 heteroatoms. The number of halogens is 3. The van der Waals surface area contributed by atoms with E-state index in [-0.39, 0.29) is 5.75 Å². The van der Waals surface area contributed by atoms with Gasteiger partial charge in [-0.15, -0.1) is 0 Å². The van der Waals surface area contributed by atoms with Gasteiger partial charge in [0.05, 0.1) is 17.4 Å². The van der Waals surface area contributed by atoms with Crippen LogP contribution in [0, 0.1) is 0 Å². The first kappa shape index (κ1) is 16.5. The molecule has 0 saturated heterocycles. The van der Waals surface area contributed by atoms with Gasteiger partial charge in [0.25, 0.3) is 0 Å². The first-order valence-electron chi connectivity index (χ1n) is 5.61. The van der Waals surface area contributed by atoms with Gasteiger partial charge in [-0.05, 0) is 17.7 Å². The summed E-state index contributed by atoms with van der Waals surface area (Å²) in [6.07, 6.45) is -3.47. The maximum Gasteiger partial charge on any atom is 0.416 e. The fourth-order valence-corrected chi connectivity index (χ4v) is 2.56. The van der Waals surface area contributed by atoms with Crippen molar-refractivity contribution in [3.05, 3.63) is 35.4 Å². The van der Waals surface area contributed by atoms with E-state index in [0.29, 0.717) is 5.56 Å².